The molecule has 0 saturated heterocycles. The lowest BCUT2D eigenvalue weighted by molar-refractivity contribution is 0.0561. The van der Waals surface area contributed by atoms with Gasteiger partial charge >= 0.3 is 0 Å². The number of allylic oxidation sites excluding steroid dienone is 2. The van der Waals surface area contributed by atoms with Gasteiger partial charge < -0.3 is 5.11 Å². The highest BCUT2D eigenvalue weighted by molar-refractivity contribution is 6.76. The summed E-state index contributed by atoms with van der Waals surface area (Å²) in [4.78, 5) is 0. The predicted molar refractivity (Wildman–Crippen MR) is 110 cm³/mol. The van der Waals surface area contributed by atoms with E-state index in [1.165, 1.54) is 17.2 Å². The first-order chi connectivity index (χ1) is 11.0. The highest BCUT2D eigenvalue weighted by Crippen LogP contribution is 2.44. The SMILES string of the molecule is C=C(C)C(C)(CC/C(C)=C(\C)C[Si](C)(C)C)C(O)c1ccccc1. The van der Waals surface area contributed by atoms with E-state index in [9.17, 15) is 5.11 Å². The number of aliphatic hydroxyl groups excluding tert-OH is 1. The minimum atomic E-state index is -1.08. The van der Waals surface area contributed by atoms with Gasteiger partial charge in [-0.2, -0.15) is 0 Å². The van der Waals surface area contributed by atoms with E-state index in [1.54, 1.807) is 0 Å². The molecule has 24 heavy (non-hydrogen) atoms. The molecule has 0 aromatic heterocycles. The predicted octanol–water partition coefficient (Wildman–Crippen LogP) is 6.76. The minimum Gasteiger partial charge on any atom is -0.388 e. The third-order valence-corrected chi connectivity index (χ3v) is 6.83. The summed E-state index contributed by atoms with van der Waals surface area (Å²) < 4.78 is 0. The van der Waals surface area contributed by atoms with Crippen molar-refractivity contribution in [1.29, 1.82) is 0 Å². The van der Waals surface area contributed by atoms with Gasteiger partial charge in [-0.1, -0.05) is 80.2 Å². The van der Waals surface area contributed by atoms with Gasteiger partial charge in [0.05, 0.1) is 6.10 Å². The Morgan fingerprint density at radius 1 is 1.08 bits per heavy atom. The van der Waals surface area contributed by atoms with Crippen molar-refractivity contribution < 1.29 is 5.11 Å². The van der Waals surface area contributed by atoms with Crippen molar-refractivity contribution in [2.24, 2.45) is 5.41 Å². The lowest BCUT2D eigenvalue weighted by atomic mass is 9.71. The maximum absolute atomic E-state index is 11.0. The van der Waals surface area contributed by atoms with Crippen LogP contribution < -0.4 is 0 Å². The van der Waals surface area contributed by atoms with E-state index in [-0.39, 0.29) is 5.41 Å². The molecule has 2 unspecified atom stereocenters. The van der Waals surface area contributed by atoms with Gasteiger partial charge in [-0.05, 0) is 45.2 Å². The van der Waals surface area contributed by atoms with Crippen molar-refractivity contribution in [2.75, 3.05) is 0 Å². The van der Waals surface area contributed by atoms with Gasteiger partial charge in [0.15, 0.2) is 0 Å². The van der Waals surface area contributed by atoms with Crippen LogP contribution >= 0.6 is 0 Å². The van der Waals surface area contributed by atoms with Crippen molar-refractivity contribution in [1.82, 2.24) is 0 Å². The third kappa shape index (κ3) is 5.75. The molecule has 1 aromatic rings. The van der Waals surface area contributed by atoms with Crippen molar-refractivity contribution in [3.8, 4) is 0 Å². The van der Waals surface area contributed by atoms with Crippen LogP contribution in [0.4, 0.5) is 0 Å². The first-order valence-corrected chi connectivity index (χ1v) is 12.7. The Balaban J connectivity index is 2.94. The van der Waals surface area contributed by atoms with Crippen LogP contribution in [0.3, 0.4) is 0 Å². The molecule has 0 aliphatic rings. The molecule has 0 bridgehead atoms. The van der Waals surface area contributed by atoms with Crippen LogP contribution in [0.25, 0.3) is 0 Å². The van der Waals surface area contributed by atoms with Gasteiger partial charge in [0.2, 0.25) is 0 Å². The van der Waals surface area contributed by atoms with Gasteiger partial charge in [0, 0.05) is 13.5 Å². The molecule has 0 aliphatic carbocycles. The topological polar surface area (TPSA) is 20.2 Å². The molecule has 1 nitrogen and oxygen atoms in total. The quantitative estimate of drug-likeness (QED) is 0.408. The van der Waals surface area contributed by atoms with Gasteiger partial charge in [0.1, 0.15) is 0 Å². The number of rotatable bonds is 8. The van der Waals surface area contributed by atoms with E-state index in [0.717, 1.165) is 24.0 Å². The molecule has 1 N–H and O–H groups in total. The van der Waals surface area contributed by atoms with Gasteiger partial charge in [-0.25, -0.2) is 0 Å². The monoisotopic (exact) mass is 344 g/mol. The number of aliphatic hydroxyl groups is 1. The maximum Gasteiger partial charge on any atom is 0.0880 e. The van der Waals surface area contributed by atoms with Crippen molar-refractivity contribution in [3.63, 3.8) is 0 Å². The Hall–Kier alpha value is -1.12. The Labute approximate surface area is 150 Å². The number of hydrogen-bond acceptors (Lipinski definition) is 1. The number of benzene rings is 1. The molecular formula is C22H36OSi. The Morgan fingerprint density at radius 3 is 2.08 bits per heavy atom. The van der Waals surface area contributed by atoms with E-state index in [0.29, 0.717) is 0 Å². The third-order valence-electron chi connectivity index (χ3n) is 5.24. The zero-order chi connectivity index (χ0) is 18.5. The normalized spacial score (nSPS) is 17.0. The second-order valence-corrected chi connectivity index (χ2v) is 14.3. The molecular weight excluding hydrogens is 308 g/mol. The smallest absolute Gasteiger partial charge is 0.0880 e. The Kier molecular flexibility index (Phi) is 7.24. The zero-order valence-electron chi connectivity index (χ0n) is 16.7. The van der Waals surface area contributed by atoms with E-state index < -0.39 is 14.2 Å². The molecule has 0 radical (unpaired) electrons. The zero-order valence-corrected chi connectivity index (χ0v) is 17.7. The molecule has 0 heterocycles. The van der Waals surface area contributed by atoms with Gasteiger partial charge in [-0.15, -0.1) is 0 Å². The average molecular weight is 345 g/mol. The standard InChI is InChI=1S/C22H36OSi/c1-17(2)22(5,21(23)20-12-10-9-11-13-20)15-14-18(3)19(4)16-24(6,7)8/h9-13,21,23H,1,14-16H2,2-8H3/b19-18+. The van der Waals surface area contributed by atoms with Crippen LogP contribution in [-0.2, 0) is 0 Å². The summed E-state index contributed by atoms with van der Waals surface area (Å²) in [6, 6.07) is 11.2. The number of hydrogen-bond donors (Lipinski definition) is 1. The van der Waals surface area contributed by atoms with Gasteiger partial charge in [0.25, 0.3) is 0 Å². The summed E-state index contributed by atoms with van der Waals surface area (Å²) in [5, 5.41) is 11.0. The molecule has 2 heteroatoms. The van der Waals surface area contributed by atoms with Crippen LogP contribution in [0.15, 0.2) is 53.6 Å². The molecule has 0 fully saturated rings. The molecule has 134 valence electrons. The average Bonchev–Trinajstić information content (AvgIpc) is 2.50. The second-order valence-electron chi connectivity index (χ2n) is 8.81. The van der Waals surface area contributed by atoms with Crippen LogP contribution in [0.5, 0.6) is 0 Å². The van der Waals surface area contributed by atoms with Crippen molar-refractivity contribution in [2.45, 2.75) is 72.3 Å². The fourth-order valence-electron chi connectivity index (χ4n) is 3.19. The minimum absolute atomic E-state index is 0.304. The summed E-state index contributed by atoms with van der Waals surface area (Å²) in [7, 11) is -1.08. The van der Waals surface area contributed by atoms with Crippen LogP contribution in [0, 0.1) is 5.41 Å². The summed E-state index contributed by atoms with van der Waals surface area (Å²) in [6.45, 7) is 20.2. The highest BCUT2D eigenvalue weighted by Gasteiger charge is 2.34. The second kappa shape index (κ2) is 8.31. The molecule has 0 amide bonds. The fourth-order valence-corrected chi connectivity index (χ4v) is 5.09. The first-order valence-electron chi connectivity index (χ1n) is 9.01. The molecule has 2 atom stereocenters. The summed E-state index contributed by atoms with van der Waals surface area (Å²) in [5.74, 6) is 0. The largest absolute Gasteiger partial charge is 0.388 e. The lowest BCUT2D eigenvalue weighted by Gasteiger charge is -2.36. The maximum atomic E-state index is 11.0. The first kappa shape index (κ1) is 20.9. The highest BCUT2D eigenvalue weighted by atomic mass is 28.3. The summed E-state index contributed by atoms with van der Waals surface area (Å²) >= 11 is 0. The molecule has 0 spiro atoms. The van der Waals surface area contributed by atoms with E-state index >= 15 is 0 Å². The molecule has 1 rings (SSSR count). The van der Waals surface area contributed by atoms with Crippen molar-refractivity contribution in [3.05, 3.63) is 59.2 Å². The van der Waals surface area contributed by atoms with E-state index in [1.807, 2.05) is 37.3 Å². The van der Waals surface area contributed by atoms with Crippen LogP contribution in [0.1, 0.15) is 52.2 Å². The van der Waals surface area contributed by atoms with Crippen LogP contribution in [0.2, 0.25) is 25.7 Å². The van der Waals surface area contributed by atoms with Crippen LogP contribution in [-0.4, -0.2) is 13.2 Å². The van der Waals surface area contributed by atoms with Gasteiger partial charge in [-0.3, -0.25) is 0 Å². The Morgan fingerprint density at radius 2 is 1.62 bits per heavy atom. The molecule has 0 saturated carbocycles. The molecule has 1 aromatic carbocycles. The summed E-state index contributed by atoms with van der Waals surface area (Å²) in [6.07, 6.45) is 1.43. The Bertz CT molecular complexity index is 580. The van der Waals surface area contributed by atoms with E-state index in [4.69, 9.17) is 0 Å². The lowest BCUT2D eigenvalue weighted by Crippen LogP contribution is -2.27. The van der Waals surface area contributed by atoms with Crippen molar-refractivity contribution >= 4 is 8.07 Å². The summed E-state index contributed by atoms with van der Waals surface area (Å²) in [5.41, 5.74) is 4.73. The molecule has 0 aliphatic heterocycles. The fraction of sp³-hybridized carbons (Fsp3) is 0.545. The van der Waals surface area contributed by atoms with E-state index in [2.05, 4.69) is 47.0 Å².